The molecule has 1 rings (SSSR count). The molecule has 0 bridgehead atoms. The Morgan fingerprint density at radius 3 is 2.41 bits per heavy atom. The minimum absolute atomic E-state index is 0.0817. The van der Waals surface area contributed by atoms with E-state index < -0.39 is 11.6 Å². The molecule has 0 aliphatic rings. The first-order chi connectivity index (χ1) is 7.69. The molecule has 5 heteroatoms. The lowest BCUT2D eigenvalue weighted by atomic mass is 10.2. The Hall–Kier alpha value is -1.78. The molecule has 17 heavy (non-hydrogen) atoms. The van der Waals surface area contributed by atoms with E-state index in [4.69, 9.17) is 9.84 Å². The van der Waals surface area contributed by atoms with E-state index in [1.54, 1.807) is 34.0 Å². The number of esters is 1. The molecule has 1 heterocycles. The van der Waals surface area contributed by atoms with Gasteiger partial charge in [-0.15, -0.1) is 0 Å². The van der Waals surface area contributed by atoms with E-state index in [2.05, 4.69) is 0 Å². The summed E-state index contributed by atoms with van der Waals surface area (Å²) in [6, 6.07) is 1.48. The predicted molar refractivity (Wildman–Crippen MR) is 61.9 cm³/mol. The molecule has 0 aliphatic carbocycles. The number of rotatable bonds is 3. The maximum Gasteiger partial charge on any atom is 0.352 e. The Bertz CT molecular complexity index is 440. The van der Waals surface area contributed by atoms with Crippen molar-refractivity contribution in [1.29, 1.82) is 0 Å². The normalized spacial score (nSPS) is 11.3. The van der Waals surface area contributed by atoms with Crippen molar-refractivity contribution >= 4 is 11.9 Å². The molecular formula is C12H17NO4. The van der Waals surface area contributed by atoms with Crippen molar-refractivity contribution in [1.82, 2.24) is 4.57 Å². The van der Waals surface area contributed by atoms with Gasteiger partial charge in [-0.25, -0.2) is 4.79 Å². The van der Waals surface area contributed by atoms with Crippen molar-refractivity contribution in [2.45, 2.75) is 32.8 Å². The fourth-order valence-electron chi connectivity index (χ4n) is 1.49. The van der Waals surface area contributed by atoms with E-state index >= 15 is 0 Å². The summed E-state index contributed by atoms with van der Waals surface area (Å²) in [5.41, 5.74) is 0.268. The lowest BCUT2D eigenvalue weighted by Crippen LogP contribution is -2.24. The molecule has 0 saturated heterocycles. The topological polar surface area (TPSA) is 68.5 Å². The average molecular weight is 239 g/mol. The maximum atomic E-state index is 11.5. The van der Waals surface area contributed by atoms with Crippen molar-refractivity contribution in [3.63, 3.8) is 0 Å². The Balaban J connectivity index is 2.73. The Kier molecular flexibility index (Phi) is 3.60. The minimum atomic E-state index is -1.01. The van der Waals surface area contributed by atoms with Gasteiger partial charge < -0.3 is 14.4 Å². The smallest absolute Gasteiger partial charge is 0.352 e. The highest BCUT2D eigenvalue weighted by Crippen LogP contribution is 2.12. The standard InChI is InChI=1S/C12H17NO4/c1-12(2,3)17-10(14)6-8-5-9(11(15)16)13(4)7-8/h5,7H,6H2,1-4H3,(H,15,16). The molecule has 0 radical (unpaired) electrons. The third kappa shape index (κ3) is 3.94. The Morgan fingerprint density at radius 1 is 1.41 bits per heavy atom. The van der Waals surface area contributed by atoms with Crippen molar-refractivity contribution in [2.24, 2.45) is 7.05 Å². The molecule has 0 saturated carbocycles. The second-order valence-electron chi connectivity index (χ2n) is 4.91. The van der Waals surface area contributed by atoms with Crippen LogP contribution in [-0.4, -0.2) is 27.2 Å². The van der Waals surface area contributed by atoms with Crippen LogP contribution in [0.2, 0.25) is 0 Å². The van der Waals surface area contributed by atoms with Crippen LogP contribution in [-0.2, 0) is 23.0 Å². The van der Waals surface area contributed by atoms with E-state index in [-0.39, 0.29) is 18.1 Å². The molecule has 94 valence electrons. The van der Waals surface area contributed by atoms with Crippen LogP contribution < -0.4 is 0 Å². The molecule has 0 amide bonds. The third-order valence-corrected chi connectivity index (χ3v) is 2.05. The van der Waals surface area contributed by atoms with Crippen molar-refractivity contribution < 1.29 is 19.4 Å². The summed E-state index contributed by atoms with van der Waals surface area (Å²) < 4.78 is 6.63. The zero-order valence-corrected chi connectivity index (χ0v) is 10.5. The summed E-state index contributed by atoms with van der Waals surface area (Å²) in [6.07, 6.45) is 1.70. The van der Waals surface area contributed by atoms with Crippen LogP contribution >= 0.6 is 0 Å². The summed E-state index contributed by atoms with van der Waals surface area (Å²) in [5.74, 6) is -1.37. The molecule has 0 aliphatic heterocycles. The summed E-state index contributed by atoms with van der Waals surface area (Å²) in [6.45, 7) is 5.37. The van der Waals surface area contributed by atoms with Gasteiger partial charge in [-0.05, 0) is 32.4 Å². The van der Waals surface area contributed by atoms with Gasteiger partial charge in [-0.2, -0.15) is 0 Å². The Morgan fingerprint density at radius 2 is 2.00 bits per heavy atom. The van der Waals surface area contributed by atoms with Gasteiger partial charge in [-0.3, -0.25) is 4.79 Å². The van der Waals surface area contributed by atoms with Crippen molar-refractivity contribution in [3.05, 3.63) is 23.5 Å². The fraction of sp³-hybridized carbons (Fsp3) is 0.500. The molecule has 1 aromatic rings. The summed E-state index contributed by atoms with van der Waals surface area (Å²) in [7, 11) is 1.63. The molecule has 1 N–H and O–H groups in total. The first kappa shape index (κ1) is 13.3. The molecule has 0 aromatic carbocycles. The molecule has 5 nitrogen and oxygen atoms in total. The zero-order chi connectivity index (χ0) is 13.2. The van der Waals surface area contributed by atoms with Gasteiger partial charge in [0.2, 0.25) is 0 Å². The van der Waals surface area contributed by atoms with Gasteiger partial charge in [0.05, 0.1) is 6.42 Å². The van der Waals surface area contributed by atoms with Gasteiger partial charge >= 0.3 is 11.9 Å². The third-order valence-electron chi connectivity index (χ3n) is 2.05. The van der Waals surface area contributed by atoms with Crippen LogP contribution in [0.4, 0.5) is 0 Å². The van der Waals surface area contributed by atoms with Crippen molar-refractivity contribution in [2.75, 3.05) is 0 Å². The summed E-state index contributed by atoms with van der Waals surface area (Å²) >= 11 is 0. The molecule has 0 unspecified atom stereocenters. The number of hydrogen-bond donors (Lipinski definition) is 1. The number of ether oxygens (including phenoxy) is 1. The highest BCUT2D eigenvalue weighted by molar-refractivity contribution is 5.86. The number of hydrogen-bond acceptors (Lipinski definition) is 3. The summed E-state index contributed by atoms with van der Waals surface area (Å²) in [5, 5.41) is 8.86. The number of nitrogens with zero attached hydrogens (tertiary/aromatic N) is 1. The van der Waals surface area contributed by atoms with Crippen LogP contribution in [0, 0.1) is 0 Å². The van der Waals surface area contributed by atoms with Gasteiger partial charge in [0, 0.05) is 13.2 Å². The first-order valence-electron chi connectivity index (χ1n) is 5.29. The van der Waals surface area contributed by atoms with Crippen LogP contribution in [0.25, 0.3) is 0 Å². The van der Waals surface area contributed by atoms with E-state index in [1.165, 1.54) is 10.6 Å². The highest BCUT2D eigenvalue weighted by atomic mass is 16.6. The zero-order valence-electron chi connectivity index (χ0n) is 10.5. The van der Waals surface area contributed by atoms with Gasteiger partial charge in [0.25, 0.3) is 0 Å². The monoisotopic (exact) mass is 239 g/mol. The second kappa shape index (κ2) is 4.61. The number of aromatic nitrogens is 1. The number of aromatic carboxylic acids is 1. The maximum absolute atomic E-state index is 11.5. The average Bonchev–Trinajstić information content (AvgIpc) is 2.42. The number of carbonyl (C=O) groups is 2. The minimum Gasteiger partial charge on any atom is -0.477 e. The van der Waals surface area contributed by atoms with Crippen LogP contribution in [0.15, 0.2) is 12.3 Å². The van der Waals surface area contributed by atoms with E-state index in [1.807, 2.05) is 0 Å². The number of aryl methyl sites for hydroxylation is 1. The molecule has 0 fully saturated rings. The molecule has 0 spiro atoms. The molecule has 1 aromatic heterocycles. The predicted octanol–water partition coefficient (Wildman–Crippen LogP) is 1.61. The van der Waals surface area contributed by atoms with Crippen LogP contribution in [0.5, 0.6) is 0 Å². The largest absolute Gasteiger partial charge is 0.477 e. The Labute approximate surface area is 100 Å². The highest BCUT2D eigenvalue weighted by Gasteiger charge is 2.18. The summed E-state index contributed by atoms with van der Waals surface area (Å²) in [4.78, 5) is 22.4. The van der Waals surface area contributed by atoms with Gasteiger partial charge in [0.15, 0.2) is 0 Å². The van der Waals surface area contributed by atoms with Crippen LogP contribution in [0.1, 0.15) is 36.8 Å². The molecule has 0 atom stereocenters. The van der Waals surface area contributed by atoms with Gasteiger partial charge in [-0.1, -0.05) is 0 Å². The number of carbonyl (C=O) groups excluding carboxylic acids is 1. The lowest BCUT2D eigenvalue weighted by molar-refractivity contribution is -0.153. The number of carboxylic acid groups (broad SMARTS) is 1. The fourth-order valence-corrected chi connectivity index (χ4v) is 1.49. The number of carboxylic acids is 1. The van der Waals surface area contributed by atoms with E-state index in [0.717, 1.165) is 0 Å². The molecular weight excluding hydrogens is 222 g/mol. The van der Waals surface area contributed by atoms with Crippen LogP contribution in [0.3, 0.4) is 0 Å². The van der Waals surface area contributed by atoms with E-state index in [9.17, 15) is 9.59 Å². The lowest BCUT2D eigenvalue weighted by Gasteiger charge is -2.19. The SMILES string of the molecule is Cn1cc(CC(=O)OC(C)(C)C)cc1C(=O)O. The van der Waals surface area contributed by atoms with E-state index in [0.29, 0.717) is 5.56 Å². The quantitative estimate of drug-likeness (QED) is 0.813. The van der Waals surface area contributed by atoms with Crippen molar-refractivity contribution in [3.8, 4) is 0 Å². The second-order valence-corrected chi connectivity index (χ2v) is 4.91. The van der Waals surface area contributed by atoms with Gasteiger partial charge in [0.1, 0.15) is 11.3 Å². The first-order valence-corrected chi connectivity index (χ1v) is 5.29.